The molecule has 0 fully saturated rings. The molecule has 0 saturated carbocycles. The standard InChI is InChI=1S/C14H19ClO5/c1-14(2,3)7-13(17)20-19-12-6-11(18-4)9(8-16)5-10(12)15/h5-6,16H,7-8H2,1-4H3. The van der Waals surface area contributed by atoms with Crippen molar-refractivity contribution in [3.05, 3.63) is 22.7 Å². The predicted octanol–water partition coefficient (Wildman–Crippen LogP) is 3.11. The predicted molar refractivity (Wildman–Crippen MR) is 74.7 cm³/mol. The van der Waals surface area contributed by atoms with Crippen LogP contribution < -0.4 is 9.62 Å². The number of methoxy groups -OCH3 is 1. The van der Waals surface area contributed by atoms with Gasteiger partial charge in [0.05, 0.1) is 25.2 Å². The van der Waals surface area contributed by atoms with Gasteiger partial charge >= 0.3 is 5.97 Å². The van der Waals surface area contributed by atoms with Gasteiger partial charge in [-0.15, -0.1) is 0 Å². The van der Waals surface area contributed by atoms with Crippen LogP contribution in [0.5, 0.6) is 11.5 Å². The molecule has 1 aromatic rings. The van der Waals surface area contributed by atoms with Crippen molar-refractivity contribution in [2.24, 2.45) is 5.41 Å². The fraction of sp³-hybridized carbons (Fsp3) is 0.500. The molecule has 0 aliphatic rings. The Morgan fingerprint density at radius 2 is 1.95 bits per heavy atom. The van der Waals surface area contributed by atoms with Gasteiger partial charge in [-0.05, 0) is 11.5 Å². The number of halogens is 1. The molecule has 0 aromatic heterocycles. The van der Waals surface area contributed by atoms with E-state index < -0.39 is 5.97 Å². The monoisotopic (exact) mass is 302 g/mol. The van der Waals surface area contributed by atoms with Crippen LogP contribution in [0.25, 0.3) is 0 Å². The second-order valence-corrected chi connectivity index (χ2v) is 5.94. The lowest BCUT2D eigenvalue weighted by Crippen LogP contribution is -2.17. The maximum atomic E-state index is 11.6. The summed E-state index contributed by atoms with van der Waals surface area (Å²) in [4.78, 5) is 21.2. The number of carbonyl (C=O) groups is 1. The van der Waals surface area contributed by atoms with Crippen LogP contribution in [0, 0.1) is 5.41 Å². The largest absolute Gasteiger partial charge is 0.496 e. The molecule has 0 spiro atoms. The molecule has 20 heavy (non-hydrogen) atoms. The van der Waals surface area contributed by atoms with Crippen molar-refractivity contribution in [3.63, 3.8) is 0 Å². The highest BCUT2D eigenvalue weighted by atomic mass is 35.5. The van der Waals surface area contributed by atoms with Gasteiger partial charge in [0.1, 0.15) is 5.75 Å². The summed E-state index contributed by atoms with van der Waals surface area (Å²) in [6, 6.07) is 2.95. The molecular weight excluding hydrogens is 284 g/mol. The van der Waals surface area contributed by atoms with Crippen LogP contribution in [0.4, 0.5) is 0 Å². The molecule has 0 aliphatic carbocycles. The molecule has 112 valence electrons. The molecule has 0 aliphatic heterocycles. The van der Waals surface area contributed by atoms with Crippen molar-refractivity contribution in [1.82, 2.24) is 0 Å². The van der Waals surface area contributed by atoms with Gasteiger partial charge in [0, 0.05) is 11.6 Å². The molecule has 1 aromatic carbocycles. The Hall–Kier alpha value is -1.46. The third-order valence-electron chi connectivity index (χ3n) is 2.40. The SMILES string of the molecule is COc1cc(OOC(=O)CC(C)(C)C)c(Cl)cc1CO. The van der Waals surface area contributed by atoms with E-state index in [0.717, 1.165) is 0 Å². The van der Waals surface area contributed by atoms with Crippen molar-refractivity contribution < 1.29 is 24.4 Å². The first-order valence-corrected chi connectivity index (χ1v) is 6.49. The average Bonchev–Trinajstić information content (AvgIpc) is 2.34. The van der Waals surface area contributed by atoms with E-state index in [9.17, 15) is 4.79 Å². The number of benzene rings is 1. The molecule has 0 saturated heterocycles. The molecular formula is C14H19ClO5. The van der Waals surface area contributed by atoms with E-state index >= 15 is 0 Å². The number of aliphatic hydroxyl groups is 1. The summed E-state index contributed by atoms with van der Waals surface area (Å²) in [5, 5.41) is 9.37. The molecule has 6 heteroatoms. The Balaban J connectivity index is 2.76. The minimum atomic E-state index is -0.487. The Labute approximate surface area is 123 Å². The van der Waals surface area contributed by atoms with Crippen LogP contribution >= 0.6 is 11.6 Å². The van der Waals surface area contributed by atoms with Crippen molar-refractivity contribution in [3.8, 4) is 11.5 Å². The molecule has 0 unspecified atom stereocenters. The van der Waals surface area contributed by atoms with Crippen LogP contribution in [0.1, 0.15) is 32.8 Å². The first-order valence-electron chi connectivity index (χ1n) is 6.11. The van der Waals surface area contributed by atoms with Gasteiger partial charge < -0.3 is 9.84 Å². The van der Waals surface area contributed by atoms with Crippen LogP contribution in [-0.4, -0.2) is 18.2 Å². The Morgan fingerprint density at radius 3 is 2.45 bits per heavy atom. The topological polar surface area (TPSA) is 65.0 Å². The van der Waals surface area contributed by atoms with E-state index in [1.807, 2.05) is 20.8 Å². The summed E-state index contributed by atoms with van der Waals surface area (Å²) >= 11 is 5.97. The summed E-state index contributed by atoms with van der Waals surface area (Å²) in [6.45, 7) is 5.54. The number of rotatable bonds is 5. The van der Waals surface area contributed by atoms with Crippen LogP contribution in [-0.2, 0) is 16.3 Å². The minimum absolute atomic E-state index is 0.156. The zero-order valence-corrected chi connectivity index (χ0v) is 12.8. The molecule has 0 bridgehead atoms. The molecule has 0 atom stereocenters. The van der Waals surface area contributed by atoms with Crippen LogP contribution in [0.15, 0.2) is 12.1 Å². The van der Waals surface area contributed by atoms with Gasteiger partial charge in [0.15, 0.2) is 0 Å². The molecule has 5 nitrogen and oxygen atoms in total. The third kappa shape index (κ3) is 4.90. The van der Waals surface area contributed by atoms with Crippen molar-refractivity contribution in [2.75, 3.05) is 7.11 Å². The van der Waals surface area contributed by atoms with Crippen molar-refractivity contribution in [1.29, 1.82) is 0 Å². The summed E-state index contributed by atoms with van der Waals surface area (Å²) in [5.41, 5.74) is 0.328. The first-order chi connectivity index (χ1) is 9.26. The lowest BCUT2D eigenvalue weighted by Gasteiger charge is -2.16. The van der Waals surface area contributed by atoms with Crippen molar-refractivity contribution in [2.45, 2.75) is 33.8 Å². The number of aliphatic hydroxyl groups excluding tert-OH is 1. The van der Waals surface area contributed by atoms with Crippen LogP contribution in [0.2, 0.25) is 5.02 Å². The molecule has 1 rings (SSSR count). The lowest BCUT2D eigenvalue weighted by atomic mass is 9.93. The zero-order valence-electron chi connectivity index (χ0n) is 12.0. The summed E-state index contributed by atoms with van der Waals surface area (Å²) in [5.74, 6) is 0.0699. The summed E-state index contributed by atoms with van der Waals surface area (Å²) < 4.78 is 5.08. The molecule has 1 N–H and O–H groups in total. The fourth-order valence-corrected chi connectivity index (χ4v) is 1.72. The highest BCUT2D eigenvalue weighted by molar-refractivity contribution is 6.32. The van der Waals surface area contributed by atoms with E-state index in [4.69, 9.17) is 31.2 Å². The van der Waals surface area contributed by atoms with Gasteiger partial charge in [-0.1, -0.05) is 32.4 Å². The van der Waals surface area contributed by atoms with Gasteiger partial charge in [0.25, 0.3) is 0 Å². The van der Waals surface area contributed by atoms with Gasteiger partial charge in [0.2, 0.25) is 5.75 Å². The number of ether oxygens (including phenoxy) is 1. The molecule has 0 radical (unpaired) electrons. The smallest absolute Gasteiger partial charge is 0.355 e. The van der Waals surface area contributed by atoms with Gasteiger partial charge in [-0.25, -0.2) is 4.79 Å². The Morgan fingerprint density at radius 1 is 1.30 bits per heavy atom. The second-order valence-electron chi connectivity index (χ2n) is 5.53. The third-order valence-corrected chi connectivity index (χ3v) is 2.70. The summed E-state index contributed by atoms with van der Waals surface area (Å²) in [6.07, 6.45) is 0.219. The van der Waals surface area contributed by atoms with E-state index in [-0.39, 0.29) is 29.2 Å². The lowest BCUT2D eigenvalue weighted by molar-refractivity contribution is -0.215. The number of carbonyl (C=O) groups excluding carboxylic acids is 1. The Kier molecular flexibility index (Phi) is 5.65. The number of hydrogen-bond donors (Lipinski definition) is 1. The second kappa shape index (κ2) is 6.81. The van der Waals surface area contributed by atoms with E-state index in [0.29, 0.717) is 11.3 Å². The van der Waals surface area contributed by atoms with Gasteiger partial charge in [-0.3, -0.25) is 9.78 Å². The average molecular weight is 303 g/mol. The minimum Gasteiger partial charge on any atom is -0.496 e. The van der Waals surface area contributed by atoms with Crippen molar-refractivity contribution >= 4 is 17.6 Å². The number of hydrogen-bond acceptors (Lipinski definition) is 5. The highest BCUT2D eigenvalue weighted by Gasteiger charge is 2.19. The van der Waals surface area contributed by atoms with Gasteiger partial charge in [-0.2, -0.15) is 0 Å². The van der Waals surface area contributed by atoms with E-state index in [1.165, 1.54) is 19.2 Å². The Bertz CT molecular complexity index is 479. The molecule has 0 heterocycles. The van der Waals surface area contributed by atoms with E-state index in [1.54, 1.807) is 0 Å². The highest BCUT2D eigenvalue weighted by Crippen LogP contribution is 2.33. The molecule has 0 amide bonds. The zero-order chi connectivity index (χ0) is 15.3. The fourth-order valence-electron chi connectivity index (χ4n) is 1.51. The van der Waals surface area contributed by atoms with E-state index in [2.05, 4.69) is 0 Å². The first kappa shape index (κ1) is 16.6. The quantitative estimate of drug-likeness (QED) is 0.669. The maximum absolute atomic E-state index is 11.6. The summed E-state index contributed by atoms with van der Waals surface area (Å²) in [7, 11) is 1.46. The normalized spacial score (nSPS) is 11.1. The van der Waals surface area contributed by atoms with Crippen LogP contribution in [0.3, 0.4) is 0 Å². The maximum Gasteiger partial charge on any atom is 0.355 e.